The van der Waals surface area contributed by atoms with Gasteiger partial charge in [0, 0.05) is 15.2 Å². The van der Waals surface area contributed by atoms with E-state index in [1.165, 1.54) is 6.07 Å². The van der Waals surface area contributed by atoms with E-state index in [2.05, 4.69) is 28.7 Å². The molecule has 0 saturated carbocycles. The molecule has 1 aliphatic heterocycles. The van der Waals surface area contributed by atoms with E-state index in [9.17, 15) is 10.4 Å². The van der Waals surface area contributed by atoms with Crippen molar-refractivity contribution in [2.45, 2.75) is 12.5 Å². The Labute approximate surface area is 192 Å². The number of hydrogen-bond donors (Lipinski definition) is 2. The highest BCUT2D eigenvalue weighted by molar-refractivity contribution is 14.1. The summed E-state index contributed by atoms with van der Waals surface area (Å²) in [5, 5.41) is 19.8. The Morgan fingerprint density at radius 2 is 1.90 bits per heavy atom. The van der Waals surface area contributed by atoms with Crippen molar-refractivity contribution in [3.05, 3.63) is 97.4 Å². The number of hydrogen-bond acceptors (Lipinski definition) is 5. The minimum absolute atomic E-state index is 0.00996. The lowest BCUT2D eigenvalue weighted by molar-refractivity contribution is 0.306. The predicted octanol–water partition coefficient (Wildman–Crippen LogP) is 5.45. The van der Waals surface area contributed by atoms with Crippen LogP contribution in [-0.2, 0) is 6.61 Å². The molecule has 1 heterocycles. The summed E-state index contributed by atoms with van der Waals surface area (Å²) in [6.07, 6.45) is 0. The minimum atomic E-state index is -0.456. The first-order valence-corrected chi connectivity index (χ1v) is 10.5. The van der Waals surface area contributed by atoms with Crippen molar-refractivity contribution >= 4 is 34.2 Å². The molecule has 0 spiro atoms. The second kappa shape index (κ2) is 8.46. The smallest absolute Gasteiger partial charge is 0.205 e. The van der Waals surface area contributed by atoms with Crippen LogP contribution < -0.4 is 15.2 Å². The van der Waals surface area contributed by atoms with E-state index < -0.39 is 5.92 Å². The highest BCUT2D eigenvalue weighted by Gasteiger charge is 2.31. The summed E-state index contributed by atoms with van der Waals surface area (Å²) in [4.78, 5) is 0. The first kappa shape index (κ1) is 20.4. The van der Waals surface area contributed by atoms with Gasteiger partial charge in [-0.2, -0.15) is 5.26 Å². The lowest BCUT2D eigenvalue weighted by atomic mass is 9.83. The number of halogens is 2. The van der Waals surface area contributed by atoms with Gasteiger partial charge in [-0.25, -0.2) is 0 Å². The van der Waals surface area contributed by atoms with E-state index in [1.807, 2.05) is 30.3 Å². The Hall–Kier alpha value is -2.89. The summed E-state index contributed by atoms with van der Waals surface area (Å²) in [6, 6.07) is 20.3. The summed E-state index contributed by atoms with van der Waals surface area (Å²) in [5.41, 5.74) is 8.79. The average molecular weight is 531 g/mol. The van der Waals surface area contributed by atoms with E-state index in [1.54, 1.807) is 24.3 Å². The third-order valence-electron chi connectivity index (χ3n) is 4.80. The Kier molecular flexibility index (Phi) is 5.75. The first-order valence-electron chi connectivity index (χ1n) is 9.03. The normalized spacial score (nSPS) is 15.2. The number of rotatable bonds is 4. The SMILES string of the molecule is N#CC1=C(N)Oc2cc(O)ccc2[C@H]1c1ccc(OCc2ccc(I)cc2)c(Cl)c1. The van der Waals surface area contributed by atoms with Gasteiger partial charge in [-0.15, -0.1) is 0 Å². The fourth-order valence-electron chi connectivity index (χ4n) is 3.34. The molecular formula is C23H16ClIN2O3. The largest absolute Gasteiger partial charge is 0.508 e. The molecule has 150 valence electrons. The zero-order valence-corrected chi connectivity index (χ0v) is 18.5. The van der Waals surface area contributed by atoms with Crippen molar-refractivity contribution in [1.82, 2.24) is 0 Å². The van der Waals surface area contributed by atoms with Gasteiger partial charge in [0.1, 0.15) is 35.5 Å². The maximum Gasteiger partial charge on any atom is 0.205 e. The van der Waals surface area contributed by atoms with E-state index in [0.717, 1.165) is 20.3 Å². The van der Waals surface area contributed by atoms with Crippen molar-refractivity contribution in [3.63, 3.8) is 0 Å². The summed E-state index contributed by atoms with van der Waals surface area (Å²) in [7, 11) is 0. The summed E-state index contributed by atoms with van der Waals surface area (Å²) >= 11 is 8.75. The van der Waals surface area contributed by atoms with Crippen LogP contribution in [0.5, 0.6) is 17.2 Å². The summed E-state index contributed by atoms with van der Waals surface area (Å²) in [6.45, 7) is 0.395. The quantitative estimate of drug-likeness (QED) is 0.438. The maximum atomic E-state index is 9.76. The lowest BCUT2D eigenvalue weighted by Gasteiger charge is -2.26. The van der Waals surface area contributed by atoms with E-state index in [4.69, 9.17) is 26.8 Å². The Morgan fingerprint density at radius 1 is 1.13 bits per heavy atom. The van der Waals surface area contributed by atoms with Gasteiger partial charge in [-0.3, -0.25) is 0 Å². The summed E-state index contributed by atoms with van der Waals surface area (Å²) in [5.74, 6) is 0.565. The van der Waals surface area contributed by atoms with E-state index in [-0.39, 0.29) is 17.2 Å². The first-order chi connectivity index (χ1) is 14.5. The van der Waals surface area contributed by atoms with Crippen LogP contribution in [0.15, 0.2) is 72.1 Å². The monoisotopic (exact) mass is 530 g/mol. The number of nitrogens with two attached hydrogens (primary N) is 1. The van der Waals surface area contributed by atoms with Crippen molar-refractivity contribution in [2.24, 2.45) is 5.73 Å². The Bertz CT molecular complexity index is 1190. The molecule has 30 heavy (non-hydrogen) atoms. The third-order valence-corrected chi connectivity index (χ3v) is 5.81. The van der Waals surface area contributed by atoms with E-state index in [0.29, 0.717) is 23.1 Å². The molecule has 0 aliphatic carbocycles. The number of nitrogens with zero attached hydrogens (tertiary/aromatic N) is 1. The van der Waals surface area contributed by atoms with Crippen LogP contribution in [0, 0.1) is 14.9 Å². The molecule has 1 atom stereocenters. The van der Waals surface area contributed by atoms with Gasteiger partial charge in [0.15, 0.2) is 0 Å². The number of allylic oxidation sites excluding steroid dienone is 1. The van der Waals surface area contributed by atoms with Crippen LogP contribution in [0.4, 0.5) is 0 Å². The van der Waals surface area contributed by atoms with Gasteiger partial charge in [0.2, 0.25) is 5.88 Å². The Morgan fingerprint density at radius 3 is 2.60 bits per heavy atom. The average Bonchev–Trinajstić information content (AvgIpc) is 2.73. The molecular weight excluding hydrogens is 515 g/mol. The second-order valence-electron chi connectivity index (χ2n) is 6.75. The fraction of sp³-hybridized carbons (Fsp3) is 0.0870. The topological polar surface area (TPSA) is 88.5 Å². The molecule has 1 aliphatic rings. The minimum Gasteiger partial charge on any atom is -0.508 e. The molecule has 0 radical (unpaired) electrons. The van der Waals surface area contributed by atoms with Crippen LogP contribution in [0.2, 0.25) is 5.02 Å². The van der Waals surface area contributed by atoms with Crippen molar-refractivity contribution in [2.75, 3.05) is 0 Å². The molecule has 3 aromatic rings. The molecule has 0 aromatic heterocycles. The van der Waals surface area contributed by atoms with Gasteiger partial charge in [-0.05, 0) is 64.0 Å². The number of aromatic hydroxyl groups is 1. The Balaban J connectivity index is 1.65. The van der Waals surface area contributed by atoms with Crippen LogP contribution in [0.1, 0.15) is 22.6 Å². The third kappa shape index (κ3) is 4.04. The van der Waals surface area contributed by atoms with Crippen molar-refractivity contribution in [1.29, 1.82) is 5.26 Å². The molecule has 0 bridgehead atoms. The molecule has 7 heteroatoms. The maximum absolute atomic E-state index is 9.76. The molecule has 3 N–H and O–H groups in total. The van der Waals surface area contributed by atoms with Gasteiger partial charge in [-0.1, -0.05) is 35.9 Å². The fourth-order valence-corrected chi connectivity index (χ4v) is 3.95. The highest BCUT2D eigenvalue weighted by atomic mass is 127. The number of benzene rings is 3. The molecule has 0 amide bonds. The zero-order valence-electron chi connectivity index (χ0n) is 15.6. The van der Waals surface area contributed by atoms with Crippen LogP contribution >= 0.6 is 34.2 Å². The van der Waals surface area contributed by atoms with Gasteiger partial charge in [0.05, 0.1) is 10.9 Å². The predicted molar refractivity (Wildman–Crippen MR) is 122 cm³/mol. The molecule has 3 aromatic carbocycles. The van der Waals surface area contributed by atoms with E-state index >= 15 is 0 Å². The lowest BCUT2D eigenvalue weighted by Crippen LogP contribution is -2.21. The number of phenolic OH excluding ortho intramolecular Hbond substituents is 1. The van der Waals surface area contributed by atoms with Crippen LogP contribution in [-0.4, -0.2) is 5.11 Å². The van der Waals surface area contributed by atoms with Gasteiger partial charge in [0.25, 0.3) is 0 Å². The molecule has 5 nitrogen and oxygen atoms in total. The standard InChI is InChI=1S/C23H16ClIN2O3/c24-19-9-14(3-8-20(19)29-12-13-1-4-15(25)5-2-13)22-17-7-6-16(28)10-21(17)30-23(27)18(22)11-26/h1-10,22,28H,12,27H2/t22-/m1/s1. The summed E-state index contributed by atoms with van der Waals surface area (Å²) < 4.78 is 12.6. The van der Waals surface area contributed by atoms with Crippen LogP contribution in [0.3, 0.4) is 0 Å². The van der Waals surface area contributed by atoms with Crippen molar-refractivity contribution < 1.29 is 14.6 Å². The van der Waals surface area contributed by atoms with Gasteiger partial charge < -0.3 is 20.3 Å². The molecule has 4 rings (SSSR count). The van der Waals surface area contributed by atoms with Crippen LogP contribution in [0.25, 0.3) is 0 Å². The number of fused-ring (bicyclic) bond motifs is 1. The highest BCUT2D eigenvalue weighted by Crippen LogP contribution is 2.44. The number of phenols is 1. The number of ether oxygens (including phenoxy) is 2. The van der Waals surface area contributed by atoms with Gasteiger partial charge >= 0.3 is 0 Å². The molecule has 0 fully saturated rings. The zero-order chi connectivity index (χ0) is 21.3. The van der Waals surface area contributed by atoms with Crippen molar-refractivity contribution in [3.8, 4) is 23.3 Å². The molecule has 0 unspecified atom stereocenters. The second-order valence-corrected chi connectivity index (χ2v) is 8.40. The molecule has 0 saturated heterocycles. The number of nitriles is 1.